The van der Waals surface area contributed by atoms with Gasteiger partial charge in [0.25, 0.3) is 0 Å². The Bertz CT molecular complexity index is 192. The van der Waals surface area contributed by atoms with Crippen LogP contribution in [0.15, 0.2) is 0 Å². The van der Waals surface area contributed by atoms with Crippen LogP contribution in [-0.2, 0) is 4.79 Å². The van der Waals surface area contributed by atoms with Crippen molar-refractivity contribution in [1.82, 2.24) is 4.90 Å². The lowest BCUT2D eigenvalue weighted by Gasteiger charge is -2.20. The van der Waals surface area contributed by atoms with Crippen molar-refractivity contribution >= 4 is 5.91 Å². The molecule has 96 valence electrons. The molecule has 3 heteroatoms. The average Bonchev–Trinajstić information content (AvgIpc) is 2.23. The van der Waals surface area contributed by atoms with E-state index in [1.54, 1.807) is 0 Å². The van der Waals surface area contributed by atoms with Crippen LogP contribution in [0.4, 0.5) is 0 Å². The third-order valence-electron chi connectivity index (χ3n) is 2.84. The van der Waals surface area contributed by atoms with Crippen LogP contribution in [0, 0.1) is 11.8 Å². The first kappa shape index (κ1) is 15.4. The van der Waals surface area contributed by atoms with Crippen LogP contribution in [0.3, 0.4) is 0 Å². The van der Waals surface area contributed by atoms with Crippen LogP contribution in [0.1, 0.15) is 46.5 Å². The van der Waals surface area contributed by atoms with Crippen LogP contribution in [0.5, 0.6) is 0 Å². The summed E-state index contributed by atoms with van der Waals surface area (Å²) in [5, 5.41) is 0. The number of nitrogens with two attached hydrogens (primary N) is 1. The fourth-order valence-corrected chi connectivity index (χ4v) is 1.66. The number of hydrogen-bond acceptors (Lipinski definition) is 2. The minimum Gasteiger partial charge on any atom is -0.345 e. The molecule has 0 aromatic heterocycles. The van der Waals surface area contributed by atoms with Gasteiger partial charge in [0.1, 0.15) is 0 Å². The Morgan fingerprint density at radius 1 is 1.25 bits per heavy atom. The van der Waals surface area contributed by atoms with Crippen molar-refractivity contribution in [3.8, 4) is 0 Å². The van der Waals surface area contributed by atoms with E-state index in [0.29, 0.717) is 18.9 Å². The van der Waals surface area contributed by atoms with E-state index >= 15 is 0 Å². The molecule has 16 heavy (non-hydrogen) atoms. The summed E-state index contributed by atoms with van der Waals surface area (Å²) in [7, 11) is 1.87. The number of carbonyl (C=O) groups excluding carboxylic acids is 1. The Balaban J connectivity index is 3.63. The zero-order valence-electron chi connectivity index (χ0n) is 11.3. The second-order valence-electron chi connectivity index (χ2n) is 5.25. The molecule has 0 aliphatic rings. The van der Waals surface area contributed by atoms with Gasteiger partial charge in [0, 0.05) is 20.0 Å². The SMILES string of the molecule is CC(C)CCCCC(=O)N(C)CC(C)CN. The van der Waals surface area contributed by atoms with Crippen LogP contribution in [-0.4, -0.2) is 30.9 Å². The van der Waals surface area contributed by atoms with Gasteiger partial charge < -0.3 is 10.6 Å². The highest BCUT2D eigenvalue weighted by molar-refractivity contribution is 5.75. The molecule has 2 N–H and O–H groups in total. The van der Waals surface area contributed by atoms with Gasteiger partial charge in [0.2, 0.25) is 5.91 Å². The van der Waals surface area contributed by atoms with E-state index in [4.69, 9.17) is 5.73 Å². The normalized spacial score (nSPS) is 12.9. The lowest BCUT2D eigenvalue weighted by molar-refractivity contribution is -0.130. The molecule has 1 atom stereocenters. The zero-order chi connectivity index (χ0) is 12.6. The minimum absolute atomic E-state index is 0.254. The first-order chi connectivity index (χ1) is 7.47. The van der Waals surface area contributed by atoms with Crippen molar-refractivity contribution in [3.05, 3.63) is 0 Å². The molecule has 1 unspecified atom stereocenters. The molecule has 0 aliphatic carbocycles. The number of amides is 1. The number of nitrogens with zero attached hydrogens (tertiary/aromatic N) is 1. The van der Waals surface area contributed by atoms with Crippen LogP contribution in [0.25, 0.3) is 0 Å². The fourth-order valence-electron chi connectivity index (χ4n) is 1.66. The van der Waals surface area contributed by atoms with Gasteiger partial charge in [0.15, 0.2) is 0 Å². The third kappa shape index (κ3) is 7.69. The van der Waals surface area contributed by atoms with E-state index in [0.717, 1.165) is 25.3 Å². The monoisotopic (exact) mass is 228 g/mol. The molecule has 0 aromatic rings. The van der Waals surface area contributed by atoms with Gasteiger partial charge in [-0.25, -0.2) is 0 Å². The standard InChI is InChI=1S/C13H28N2O/c1-11(2)7-5-6-8-13(16)15(4)10-12(3)9-14/h11-12H,5-10,14H2,1-4H3. The largest absolute Gasteiger partial charge is 0.345 e. The number of hydrogen-bond donors (Lipinski definition) is 1. The summed E-state index contributed by atoms with van der Waals surface area (Å²) in [4.78, 5) is 13.5. The molecule has 0 fully saturated rings. The first-order valence-corrected chi connectivity index (χ1v) is 6.41. The first-order valence-electron chi connectivity index (χ1n) is 6.41. The molecule has 0 saturated carbocycles. The van der Waals surface area contributed by atoms with Crippen molar-refractivity contribution in [3.63, 3.8) is 0 Å². The molecule has 1 amide bonds. The van der Waals surface area contributed by atoms with Crippen molar-refractivity contribution in [2.75, 3.05) is 20.1 Å². The molecule has 0 spiro atoms. The Kier molecular flexibility index (Phi) is 8.26. The van der Waals surface area contributed by atoms with Crippen LogP contribution < -0.4 is 5.73 Å². The van der Waals surface area contributed by atoms with Gasteiger partial charge in [-0.2, -0.15) is 0 Å². The van der Waals surface area contributed by atoms with Gasteiger partial charge in [-0.3, -0.25) is 4.79 Å². The van der Waals surface area contributed by atoms with Crippen molar-refractivity contribution in [2.24, 2.45) is 17.6 Å². The lowest BCUT2D eigenvalue weighted by Crippen LogP contribution is -2.33. The summed E-state index contributed by atoms with van der Waals surface area (Å²) in [6, 6.07) is 0. The predicted octanol–water partition coefficient (Wildman–Crippen LogP) is 2.26. The molecular weight excluding hydrogens is 200 g/mol. The Morgan fingerprint density at radius 3 is 2.38 bits per heavy atom. The second kappa shape index (κ2) is 8.57. The van der Waals surface area contributed by atoms with Crippen molar-refractivity contribution in [2.45, 2.75) is 46.5 Å². The summed E-state index contributed by atoms with van der Waals surface area (Å²) < 4.78 is 0. The molecule has 0 heterocycles. The number of rotatable bonds is 8. The predicted molar refractivity (Wildman–Crippen MR) is 69.2 cm³/mol. The molecular formula is C13H28N2O. The topological polar surface area (TPSA) is 46.3 Å². The summed E-state index contributed by atoms with van der Waals surface area (Å²) in [6.45, 7) is 7.93. The molecule has 0 aromatic carbocycles. The minimum atomic E-state index is 0.254. The summed E-state index contributed by atoms with van der Waals surface area (Å²) in [5.74, 6) is 1.39. The van der Waals surface area contributed by atoms with Gasteiger partial charge >= 0.3 is 0 Å². The molecule has 0 aliphatic heterocycles. The van der Waals surface area contributed by atoms with E-state index in [2.05, 4.69) is 20.8 Å². The van der Waals surface area contributed by atoms with Crippen LogP contribution in [0.2, 0.25) is 0 Å². The van der Waals surface area contributed by atoms with Gasteiger partial charge in [-0.05, 0) is 24.8 Å². The van der Waals surface area contributed by atoms with Crippen LogP contribution >= 0.6 is 0 Å². The van der Waals surface area contributed by atoms with E-state index in [1.165, 1.54) is 6.42 Å². The molecule has 0 radical (unpaired) electrons. The maximum Gasteiger partial charge on any atom is 0.222 e. The van der Waals surface area contributed by atoms with Gasteiger partial charge in [-0.15, -0.1) is 0 Å². The van der Waals surface area contributed by atoms with Crippen molar-refractivity contribution < 1.29 is 4.79 Å². The van der Waals surface area contributed by atoms with E-state index in [9.17, 15) is 4.79 Å². The third-order valence-corrected chi connectivity index (χ3v) is 2.84. The highest BCUT2D eigenvalue weighted by atomic mass is 16.2. The molecule has 0 saturated heterocycles. The summed E-state index contributed by atoms with van der Waals surface area (Å²) in [6.07, 6.45) is 4.07. The Morgan fingerprint density at radius 2 is 1.88 bits per heavy atom. The van der Waals surface area contributed by atoms with Gasteiger partial charge in [0.05, 0.1) is 0 Å². The molecule has 0 rings (SSSR count). The van der Waals surface area contributed by atoms with Crippen molar-refractivity contribution in [1.29, 1.82) is 0 Å². The highest BCUT2D eigenvalue weighted by Crippen LogP contribution is 2.09. The summed E-state index contributed by atoms with van der Waals surface area (Å²) in [5.41, 5.74) is 5.54. The number of unbranched alkanes of at least 4 members (excludes halogenated alkanes) is 1. The highest BCUT2D eigenvalue weighted by Gasteiger charge is 2.11. The zero-order valence-corrected chi connectivity index (χ0v) is 11.3. The second-order valence-corrected chi connectivity index (χ2v) is 5.25. The lowest BCUT2D eigenvalue weighted by atomic mass is 10.0. The number of carbonyl (C=O) groups is 1. The quantitative estimate of drug-likeness (QED) is 0.648. The maximum atomic E-state index is 11.7. The fraction of sp³-hybridized carbons (Fsp3) is 0.923. The average molecular weight is 228 g/mol. The smallest absolute Gasteiger partial charge is 0.222 e. The Hall–Kier alpha value is -0.570. The van der Waals surface area contributed by atoms with E-state index < -0.39 is 0 Å². The molecule has 0 bridgehead atoms. The molecule has 3 nitrogen and oxygen atoms in total. The summed E-state index contributed by atoms with van der Waals surface area (Å²) >= 11 is 0. The van der Waals surface area contributed by atoms with E-state index in [-0.39, 0.29) is 5.91 Å². The Labute approximate surface area is 100 Å². The van der Waals surface area contributed by atoms with E-state index in [1.807, 2.05) is 11.9 Å². The van der Waals surface area contributed by atoms with Gasteiger partial charge in [-0.1, -0.05) is 33.6 Å². The maximum absolute atomic E-state index is 11.7.